The normalized spacial score (nSPS) is 17.7. The molecule has 0 bridgehead atoms. The van der Waals surface area contributed by atoms with Crippen molar-refractivity contribution in [2.45, 2.75) is 25.8 Å². The molecule has 2 aromatic carbocycles. The number of carbonyl (C=O) groups excluding carboxylic acids is 1. The smallest absolute Gasteiger partial charge is 0.258 e. The molecule has 0 saturated carbocycles. The Morgan fingerprint density at radius 3 is 2.60 bits per heavy atom. The van der Waals surface area contributed by atoms with Gasteiger partial charge in [0.1, 0.15) is 0 Å². The molecule has 0 radical (unpaired) electrons. The van der Waals surface area contributed by atoms with Crippen molar-refractivity contribution in [1.82, 2.24) is 0 Å². The van der Waals surface area contributed by atoms with Crippen molar-refractivity contribution < 1.29 is 4.79 Å². The highest BCUT2D eigenvalue weighted by Gasteiger charge is 2.28. The lowest BCUT2D eigenvalue weighted by Crippen LogP contribution is -2.42. The summed E-state index contributed by atoms with van der Waals surface area (Å²) < 4.78 is 0.987. The van der Waals surface area contributed by atoms with Crippen LogP contribution in [0.25, 0.3) is 0 Å². The zero-order valence-corrected chi connectivity index (χ0v) is 12.9. The Morgan fingerprint density at radius 1 is 1.15 bits per heavy atom. The van der Waals surface area contributed by atoms with E-state index in [1.807, 2.05) is 47.4 Å². The molecule has 3 heteroatoms. The van der Waals surface area contributed by atoms with Gasteiger partial charge in [0.25, 0.3) is 5.91 Å². The second kappa shape index (κ2) is 5.41. The number of anilines is 1. The summed E-state index contributed by atoms with van der Waals surface area (Å²) in [6.45, 7) is 2.12. The number of halogens is 1. The van der Waals surface area contributed by atoms with Crippen molar-refractivity contribution >= 4 is 27.5 Å². The van der Waals surface area contributed by atoms with Crippen molar-refractivity contribution in [3.8, 4) is 0 Å². The zero-order chi connectivity index (χ0) is 14.1. The van der Waals surface area contributed by atoms with Crippen LogP contribution in [0.3, 0.4) is 0 Å². The van der Waals surface area contributed by atoms with Gasteiger partial charge in [-0.3, -0.25) is 4.79 Å². The van der Waals surface area contributed by atoms with Gasteiger partial charge in [-0.25, -0.2) is 0 Å². The highest BCUT2D eigenvalue weighted by molar-refractivity contribution is 9.10. The first-order valence-corrected chi connectivity index (χ1v) is 7.63. The van der Waals surface area contributed by atoms with Gasteiger partial charge in [0, 0.05) is 21.8 Å². The molecule has 3 rings (SSSR count). The van der Waals surface area contributed by atoms with Crippen LogP contribution in [-0.2, 0) is 6.42 Å². The molecule has 1 atom stereocenters. The molecule has 1 heterocycles. The minimum absolute atomic E-state index is 0.0807. The maximum Gasteiger partial charge on any atom is 0.258 e. The van der Waals surface area contributed by atoms with Crippen LogP contribution in [0.2, 0.25) is 0 Å². The highest BCUT2D eigenvalue weighted by Crippen LogP contribution is 2.31. The molecular formula is C17H16BrNO. The Kier molecular flexibility index (Phi) is 3.62. The van der Waals surface area contributed by atoms with Crippen molar-refractivity contribution in [3.05, 3.63) is 64.1 Å². The lowest BCUT2D eigenvalue weighted by atomic mass is 9.96. The third kappa shape index (κ3) is 2.38. The molecule has 1 amide bonds. The molecule has 0 aliphatic carbocycles. The Hall–Kier alpha value is -1.61. The number of nitrogens with zero attached hydrogens (tertiary/aromatic N) is 1. The number of benzene rings is 2. The van der Waals surface area contributed by atoms with Crippen LogP contribution in [0.15, 0.2) is 53.0 Å². The molecule has 1 unspecified atom stereocenters. The zero-order valence-electron chi connectivity index (χ0n) is 11.3. The fourth-order valence-electron chi connectivity index (χ4n) is 2.73. The summed E-state index contributed by atoms with van der Waals surface area (Å²) in [6, 6.07) is 16.0. The van der Waals surface area contributed by atoms with Crippen molar-refractivity contribution in [3.63, 3.8) is 0 Å². The lowest BCUT2D eigenvalue weighted by molar-refractivity contribution is 0.0975. The van der Waals surface area contributed by atoms with Crippen LogP contribution < -0.4 is 4.90 Å². The van der Waals surface area contributed by atoms with E-state index in [9.17, 15) is 4.79 Å². The standard InChI is InChI=1S/C17H16BrNO/c1-12-6-7-13-4-2-3-5-16(13)19(12)17(20)14-8-10-15(18)11-9-14/h2-5,8-12H,6-7H2,1H3. The van der Waals surface area contributed by atoms with Crippen LogP contribution in [0.1, 0.15) is 29.3 Å². The molecule has 0 N–H and O–H groups in total. The Labute approximate surface area is 127 Å². The molecule has 0 aromatic heterocycles. The molecule has 1 aliphatic rings. The first kappa shape index (κ1) is 13.4. The van der Waals surface area contributed by atoms with Gasteiger partial charge in [0.05, 0.1) is 0 Å². The van der Waals surface area contributed by atoms with Crippen LogP contribution in [-0.4, -0.2) is 11.9 Å². The number of para-hydroxylation sites is 1. The number of fused-ring (bicyclic) bond motifs is 1. The number of aryl methyl sites for hydroxylation is 1. The largest absolute Gasteiger partial charge is 0.305 e. The topological polar surface area (TPSA) is 20.3 Å². The number of carbonyl (C=O) groups is 1. The second-order valence-corrected chi connectivity index (χ2v) is 6.11. The molecule has 0 saturated heterocycles. The molecular weight excluding hydrogens is 314 g/mol. The molecule has 1 aliphatic heterocycles. The summed E-state index contributed by atoms with van der Waals surface area (Å²) in [5.74, 6) is 0.0807. The summed E-state index contributed by atoms with van der Waals surface area (Å²) in [4.78, 5) is 14.7. The van der Waals surface area contributed by atoms with Crippen LogP contribution >= 0.6 is 15.9 Å². The summed E-state index contributed by atoms with van der Waals surface area (Å²) in [6.07, 6.45) is 2.06. The van der Waals surface area contributed by atoms with E-state index in [1.54, 1.807) is 0 Å². The average Bonchev–Trinajstić information content (AvgIpc) is 2.47. The lowest BCUT2D eigenvalue weighted by Gasteiger charge is -2.35. The van der Waals surface area contributed by atoms with E-state index in [1.165, 1.54) is 5.56 Å². The number of hydrogen-bond acceptors (Lipinski definition) is 1. The number of rotatable bonds is 1. The molecule has 0 spiro atoms. The van der Waals surface area contributed by atoms with Crippen molar-refractivity contribution in [1.29, 1.82) is 0 Å². The van der Waals surface area contributed by atoms with E-state index in [4.69, 9.17) is 0 Å². The predicted molar refractivity (Wildman–Crippen MR) is 85.2 cm³/mol. The van der Waals surface area contributed by atoms with E-state index in [2.05, 4.69) is 28.9 Å². The van der Waals surface area contributed by atoms with Gasteiger partial charge in [0.2, 0.25) is 0 Å². The quantitative estimate of drug-likeness (QED) is 0.757. The predicted octanol–water partition coefficient (Wildman–Crippen LogP) is 4.43. The fourth-order valence-corrected chi connectivity index (χ4v) is 2.99. The van der Waals surface area contributed by atoms with Gasteiger partial charge in [-0.15, -0.1) is 0 Å². The summed E-state index contributed by atoms with van der Waals surface area (Å²) in [5, 5.41) is 0. The Balaban J connectivity index is 2.00. The molecule has 2 nitrogen and oxygen atoms in total. The van der Waals surface area contributed by atoms with Gasteiger partial charge in [-0.1, -0.05) is 34.1 Å². The number of hydrogen-bond donors (Lipinski definition) is 0. The third-order valence-corrected chi connectivity index (χ3v) is 4.36. The molecule has 2 aromatic rings. The summed E-state index contributed by atoms with van der Waals surface area (Å²) in [7, 11) is 0. The van der Waals surface area contributed by atoms with Gasteiger partial charge in [0.15, 0.2) is 0 Å². The minimum atomic E-state index is 0.0807. The van der Waals surface area contributed by atoms with Crippen LogP contribution in [0.5, 0.6) is 0 Å². The maximum absolute atomic E-state index is 12.8. The van der Waals surface area contributed by atoms with Crippen molar-refractivity contribution in [2.75, 3.05) is 4.90 Å². The Morgan fingerprint density at radius 2 is 1.85 bits per heavy atom. The Bertz CT molecular complexity index is 636. The van der Waals surface area contributed by atoms with E-state index in [0.29, 0.717) is 0 Å². The van der Waals surface area contributed by atoms with Gasteiger partial charge < -0.3 is 4.90 Å². The molecule has 20 heavy (non-hydrogen) atoms. The highest BCUT2D eigenvalue weighted by atomic mass is 79.9. The van der Waals surface area contributed by atoms with E-state index in [-0.39, 0.29) is 11.9 Å². The molecule has 0 fully saturated rings. The summed E-state index contributed by atoms with van der Waals surface area (Å²) in [5.41, 5.74) is 3.05. The number of amides is 1. The van der Waals surface area contributed by atoms with Crippen molar-refractivity contribution in [2.24, 2.45) is 0 Å². The monoisotopic (exact) mass is 329 g/mol. The second-order valence-electron chi connectivity index (χ2n) is 5.20. The first-order valence-electron chi connectivity index (χ1n) is 6.84. The van der Waals surface area contributed by atoms with E-state index < -0.39 is 0 Å². The van der Waals surface area contributed by atoms with E-state index >= 15 is 0 Å². The average molecular weight is 330 g/mol. The van der Waals surface area contributed by atoms with Crippen LogP contribution in [0, 0.1) is 0 Å². The third-order valence-electron chi connectivity index (χ3n) is 3.83. The fraction of sp³-hybridized carbons (Fsp3) is 0.235. The van der Waals surface area contributed by atoms with Crippen LogP contribution in [0.4, 0.5) is 5.69 Å². The summed E-state index contributed by atoms with van der Waals surface area (Å²) >= 11 is 3.40. The van der Waals surface area contributed by atoms with E-state index in [0.717, 1.165) is 28.6 Å². The van der Waals surface area contributed by atoms with Gasteiger partial charge >= 0.3 is 0 Å². The first-order chi connectivity index (χ1) is 9.66. The molecule has 102 valence electrons. The maximum atomic E-state index is 12.8. The SMILES string of the molecule is CC1CCc2ccccc2N1C(=O)c1ccc(Br)cc1. The van der Waals surface area contributed by atoms with Gasteiger partial charge in [-0.2, -0.15) is 0 Å². The van der Waals surface area contributed by atoms with Gasteiger partial charge in [-0.05, 0) is 55.7 Å². The minimum Gasteiger partial charge on any atom is -0.305 e.